The molecule has 10 heteroatoms. The first-order chi connectivity index (χ1) is 20.4. The Morgan fingerprint density at radius 1 is 1.12 bits per heavy atom. The molecule has 0 atom stereocenters. The van der Waals surface area contributed by atoms with Crippen molar-refractivity contribution in [2.24, 2.45) is 0 Å². The van der Waals surface area contributed by atoms with Crippen LogP contribution in [0.4, 0.5) is 5.69 Å². The number of hydrogen-bond donors (Lipinski definition) is 2. The van der Waals surface area contributed by atoms with Gasteiger partial charge in [0.05, 0.1) is 40.0 Å². The molecule has 222 valence electrons. The highest BCUT2D eigenvalue weighted by molar-refractivity contribution is 7.80. The van der Waals surface area contributed by atoms with Crippen molar-refractivity contribution >= 4 is 52.1 Å². The Bertz CT molecular complexity index is 1660. The van der Waals surface area contributed by atoms with Gasteiger partial charge in [-0.2, -0.15) is 5.26 Å². The number of benzene rings is 3. The molecule has 0 bridgehead atoms. The quantitative estimate of drug-likeness (QED) is 0.182. The van der Waals surface area contributed by atoms with Gasteiger partial charge in [-0.3, -0.25) is 4.79 Å². The number of aromatic nitrogens is 2. The van der Waals surface area contributed by atoms with E-state index in [1.165, 1.54) is 5.56 Å². The highest BCUT2D eigenvalue weighted by Gasteiger charge is 2.27. The topological polar surface area (TPSA) is 86.0 Å². The summed E-state index contributed by atoms with van der Waals surface area (Å²) < 4.78 is 1.93. The molecule has 0 saturated heterocycles. The normalized spacial score (nSPS) is 11.1. The van der Waals surface area contributed by atoms with Crippen molar-refractivity contribution in [3.63, 3.8) is 0 Å². The molecule has 0 aliphatic rings. The van der Waals surface area contributed by atoms with Crippen LogP contribution in [0, 0.1) is 25.2 Å². The van der Waals surface area contributed by atoms with Gasteiger partial charge in [0.1, 0.15) is 0 Å². The maximum absolute atomic E-state index is 13.3. The van der Waals surface area contributed by atoms with E-state index in [0.29, 0.717) is 40.4 Å². The Morgan fingerprint density at radius 2 is 1.86 bits per heavy atom. The lowest BCUT2D eigenvalue weighted by Crippen LogP contribution is -2.53. The molecule has 0 fully saturated rings. The number of imidazole rings is 1. The summed E-state index contributed by atoms with van der Waals surface area (Å²) in [7, 11) is 0. The Balaban J connectivity index is 1.47. The minimum absolute atomic E-state index is 0.138. The summed E-state index contributed by atoms with van der Waals surface area (Å²) in [5.41, 5.74) is 5.72. The van der Waals surface area contributed by atoms with Gasteiger partial charge in [-0.1, -0.05) is 65.2 Å². The number of halogens is 2. The molecule has 0 aliphatic carbocycles. The van der Waals surface area contributed by atoms with E-state index in [4.69, 9.17) is 40.7 Å². The zero-order valence-electron chi connectivity index (χ0n) is 24.6. The van der Waals surface area contributed by atoms with E-state index in [2.05, 4.69) is 27.8 Å². The number of carbonyl (C=O) groups excluding carboxylic acids is 1. The van der Waals surface area contributed by atoms with Gasteiger partial charge in [-0.15, -0.1) is 0 Å². The van der Waals surface area contributed by atoms with Crippen LogP contribution in [-0.2, 0) is 24.3 Å². The van der Waals surface area contributed by atoms with Crippen LogP contribution in [0.2, 0.25) is 10.0 Å². The van der Waals surface area contributed by atoms with Gasteiger partial charge in [0.2, 0.25) is 5.91 Å². The van der Waals surface area contributed by atoms with E-state index in [0.717, 1.165) is 28.1 Å². The van der Waals surface area contributed by atoms with Crippen LogP contribution in [0.25, 0.3) is 0 Å². The van der Waals surface area contributed by atoms with Gasteiger partial charge < -0.3 is 20.1 Å². The molecule has 2 N–H and O–H groups in total. The second-order valence-corrected chi connectivity index (χ2v) is 12.4. The molecule has 0 saturated carbocycles. The maximum Gasteiger partial charge on any atom is 0.226 e. The van der Waals surface area contributed by atoms with E-state index >= 15 is 0 Å². The lowest BCUT2D eigenvalue weighted by atomic mass is 10.0. The molecular formula is C33H34Cl2N6OS. The molecule has 0 aliphatic heterocycles. The number of nitrogens with one attached hydrogen (secondary N) is 2. The molecule has 0 radical (unpaired) electrons. The highest BCUT2D eigenvalue weighted by Crippen LogP contribution is 2.27. The number of amides is 1. The minimum atomic E-state index is -0.659. The third-order valence-corrected chi connectivity index (χ3v) is 8.16. The maximum atomic E-state index is 13.3. The molecule has 0 unspecified atom stereocenters. The second-order valence-electron chi connectivity index (χ2n) is 11.2. The number of carbonyl (C=O) groups is 1. The number of thiocarbonyl (C=S) groups is 1. The molecule has 3 aromatic carbocycles. The first-order valence-electron chi connectivity index (χ1n) is 13.8. The fourth-order valence-electron chi connectivity index (χ4n) is 4.85. The summed E-state index contributed by atoms with van der Waals surface area (Å²) in [6.45, 7) is 9.36. The van der Waals surface area contributed by atoms with Crippen molar-refractivity contribution in [3.05, 3.63) is 117 Å². The third kappa shape index (κ3) is 8.80. The number of hydrogen-bond acceptors (Lipinski definition) is 4. The van der Waals surface area contributed by atoms with E-state index in [-0.39, 0.29) is 12.3 Å². The number of anilines is 1. The fraction of sp³-hybridized carbons (Fsp3) is 0.273. The van der Waals surface area contributed by atoms with E-state index in [1.807, 2.05) is 73.6 Å². The average molecular weight is 634 g/mol. The van der Waals surface area contributed by atoms with Crippen molar-refractivity contribution in [2.75, 3.05) is 11.9 Å². The average Bonchev–Trinajstić information content (AvgIpc) is 3.38. The Hall–Kier alpha value is -3.90. The molecule has 4 rings (SSSR count). The van der Waals surface area contributed by atoms with Crippen LogP contribution in [-0.4, -0.2) is 37.6 Å². The SMILES string of the molecule is Cc1ccc(NC(=S)N(Cc2cccc(Cl)c2Cl)CC(C)(C)NC(=O)Cc2cncn2Cc2ccc(C#N)cc2)c(C)c1. The second kappa shape index (κ2) is 14.0. The van der Waals surface area contributed by atoms with Gasteiger partial charge in [0.15, 0.2) is 5.11 Å². The molecule has 1 amide bonds. The molecular weight excluding hydrogens is 599 g/mol. The van der Waals surface area contributed by atoms with Crippen LogP contribution in [0.15, 0.2) is 73.2 Å². The van der Waals surface area contributed by atoms with Crippen molar-refractivity contribution < 1.29 is 4.79 Å². The molecule has 1 heterocycles. The molecule has 7 nitrogen and oxygen atoms in total. The van der Waals surface area contributed by atoms with Gasteiger partial charge in [-0.05, 0) is 80.9 Å². The van der Waals surface area contributed by atoms with Crippen molar-refractivity contribution in [1.82, 2.24) is 19.8 Å². The van der Waals surface area contributed by atoms with Crippen molar-refractivity contribution in [2.45, 2.75) is 52.7 Å². The van der Waals surface area contributed by atoms with E-state index < -0.39 is 5.54 Å². The van der Waals surface area contributed by atoms with E-state index in [9.17, 15) is 4.79 Å². The zero-order chi connectivity index (χ0) is 31.1. The third-order valence-electron chi connectivity index (χ3n) is 6.94. The first-order valence-corrected chi connectivity index (χ1v) is 15.0. The first kappa shape index (κ1) is 32.0. The fourth-order valence-corrected chi connectivity index (χ4v) is 5.46. The molecule has 43 heavy (non-hydrogen) atoms. The number of nitriles is 1. The minimum Gasteiger partial charge on any atom is -0.349 e. The summed E-state index contributed by atoms with van der Waals surface area (Å²) >= 11 is 18.8. The van der Waals surface area contributed by atoms with Crippen LogP contribution < -0.4 is 10.6 Å². The summed E-state index contributed by atoms with van der Waals surface area (Å²) in [4.78, 5) is 19.5. The summed E-state index contributed by atoms with van der Waals surface area (Å²) in [5, 5.41) is 17.1. The van der Waals surface area contributed by atoms with Crippen molar-refractivity contribution in [3.8, 4) is 6.07 Å². The van der Waals surface area contributed by atoms with Crippen LogP contribution in [0.1, 0.15) is 47.4 Å². The zero-order valence-corrected chi connectivity index (χ0v) is 26.9. The number of nitrogens with zero attached hydrogens (tertiary/aromatic N) is 4. The molecule has 0 spiro atoms. The Morgan fingerprint density at radius 3 is 2.56 bits per heavy atom. The molecule has 1 aromatic heterocycles. The highest BCUT2D eigenvalue weighted by atomic mass is 35.5. The largest absolute Gasteiger partial charge is 0.349 e. The monoisotopic (exact) mass is 632 g/mol. The van der Waals surface area contributed by atoms with Gasteiger partial charge >= 0.3 is 0 Å². The van der Waals surface area contributed by atoms with Gasteiger partial charge in [-0.25, -0.2) is 4.98 Å². The van der Waals surface area contributed by atoms with Gasteiger partial charge in [0.25, 0.3) is 0 Å². The molecule has 4 aromatic rings. The number of rotatable bonds is 10. The Labute approximate surface area is 268 Å². The summed E-state index contributed by atoms with van der Waals surface area (Å²) in [5.74, 6) is -0.138. The Kier molecular flexibility index (Phi) is 10.5. The van der Waals surface area contributed by atoms with Gasteiger partial charge in [0, 0.05) is 37.2 Å². The summed E-state index contributed by atoms with van der Waals surface area (Å²) in [6.07, 6.45) is 3.57. The standard InChI is InChI=1S/C33H34Cl2N6OS/c1-22-8-13-29(23(2)14-22)38-32(43)40(19-26-6-5-7-28(34)31(26)35)20-33(3,4)39-30(42)15-27-17-37-21-41(27)18-25-11-9-24(16-36)10-12-25/h5-14,17,21H,15,18-20H2,1-4H3,(H,38,43)(H,39,42). The lowest BCUT2D eigenvalue weighted by molar-refractivity contribution is -0.122. The predicted octanol–water partition coefficient (Wildman–Crippen LogP) is 7.06. The number of aryl methyl sites for hydroxylation is 2. The smallest absolute Gasteiger partial charge is 0.226 e. The lowest BCUT2D eigenvalue weighted by Gasteiger charge is -2.35. The predicted molar refractivity (Wildman–Crippen MR) is 177 cm³/mol. The van der Waals surface area contributed by atoms with Crippen LogP contribution in [0.5, 0.6) is 0 Å². The van der Waals surface area contributed by atoms with E-state index in [1.54, 1.807) is 30.7 Å². The van der Waals surface area contributed by atoms with Crippen molar-refractivity contribution in [1.29, 1.82) is 5.26 Å². The summed E-state index contributed by atoms with van der Waals surface area (Å²) in [6, 6.07) is 21.2. The van der Waals surface area contributed by atoms with Crippen LogP contribution in [0.3, 0.4) is 0 Å². The van der Waals surface area contributed by atoms with Crippen LogP contribution >= 0.6 is 35.4 Å².